The van der Waals surface area contributed by atoms with Crippen molar-refractivity contribution in [3.63, 3.8) is 0 Å². The lowest BCUT2D eigenvalue weighted by Crippen LogP contribution is -2.58. The zero-order valence-corrected chi connectivity index (χ0v) is 16.5. The molecule has 10 heteroatoms. The first-order valence-corrected chi connectivity index (χ1v) is 9.73. The van der Waals surface area contributed by atoms with Crippen LogP contribution in [0.5, 0.6) is 0 Å². The number of urea groups is 1. The summed E-state index contributed by atoms with van der Waals surface area (Å²) in [6.07, 6.45) is 4.32. The van der Waals surface area contributed by atoms with E-state index >= 15 is 0 Å². The molecule has 3 rings (SSSR count). The van der Waals surface area contributed by atoms with Crippen molar-refractivity contribution < 1.29 is 19.5 Å². The molecule has 2 saturated heterocycles. The number of imide groups is 1. The summed E-state index contributed by atoms with van der Waals surface area (Å²) in [5.41, 5.74) is -0.901. The number of rotatable bonds is 7. The van der Waals surface area contributed by atoms with Crippen molar-refractivity contribution >= 4 is 17.8 Å². The predicted molar refractivity (Wildman–Crippen MR) is 98.9 cm³/mol. The van der Waals surface area contributed by atoms with Gasteiger partial charge in [-0.05, 0) is 18.8 Å². The summed E-state index contributed by atoms with van der Waals surface area (Å²) in [5, 5.41) is 16.7. The Bertz CT molecular complexity index is 712. The largest absolute Gasteiger partial charge is 0.395 e. The first-order chi connectivity index (χ1) is 13.4. The number of carbonyl (C=O) groups is 3. The summed E-state index contributed by atoms with van der Waals surface area (Å²) in [4.78, 5) is 43.0. The average molecular weight is 392 g/mol. The second-order valence-corrected chi connectivity index (χ2v) is 7.83. The molecule has 0 aliphatic carbocycles. The van der Waals surface area contributed by atoms with Gasteiger partial charge in [-0.15, -0.1) is 10.2 Å². The Balaban J connectivity index is 1.67. The maximum absolute atomic E-state index is 13.1. The second-order valence-electron chi connectivity index (χ2n) is 7.83. The number of hydrogen-bond donors (Lipinski definition) is 1. The molecule has 1 aromatic rings. The van der Waals surface area contributed by atoms with Crippen molar-refractivity contribution in [2.24, 2.45) is 5.92 Å². The molecule has 2 aliphatic heterocycles. The highest BCUT2D eigenvalue weighted by molar-refractivity contribution is 6.07. The van der Waals surface area contributed by atoms with Crippen molar-refractivity contribution in [3.8, 4) is 0 Å². The molecule has 4 amide bonds. The van der Waals surface area contributed by atoms with E-state index in [1.165, 1.54) is 0 Å². The Morgan fingerprint density at radius 1 is 1.18 bits per heavy atom. The van der Waals surface area contributed by atoms with Crippen LogP contribution in [0.3, 0.4) is 0 Å². The minimum absolute atomic E-state index is 0.00952. The van der Waals surface area contributed by atoms with E-state index in [0.29, 0.717) is 45.4 Å². The summed E-state index contributed by atoms with van der Waals surface area (Å²) in [6.45, 7) is 5.62. The van der Waals surface area contributed by atoms with E-state index in [1.54, 1.807) is 27.0 Å². The zero-order chi connectivity index (χ0) is 20.3. The van der Waals surface area contributed by atoms with Crippen LogP contribution in [-0.2, 0) is 16.1 Å². The topological polar surface area (TPSA) is 112 Å². The highest BCUT2D eigenvalue weighted by Crippen LogP contribution is 2.37. The van der Waals surface area contributed by atoms with Crippen molar-refractivity contribution in [1.29, 1.82) is 0 Å². The lowest BCUT2D eigenvalue weighted by Gasteiger charge is -2.42. The number of hydrogen-bond acceptors (Lipinski definition) is 6. The third kappa shape index (κ3) is 3.73. The molecule has 0 unspecified atom stereocenters. The molecule has 2 aliphatic rings. The number of amides is 4. The van der Waals surface area contributed by atoms with Gasteiger partial charge >= 0.3 is 6.03 Å². The number of likely N-dealkylation sites (tertiary alicyclic amines) is 1. The molecule has 0 bridgehead atoms. The second kappa shape index (κ2) is 8.26. The first-order valence-electron chi connectivity index (χ1n) is 9.73. The molecule has 3 heterocycles. The smallest absolute Gasteiger partial charge is 0.327 e. The van der Waals surface area contributed by atoms with Gasteiger partial charge < -0.3 is 19.5 Å². The van der Waals surface area contributed by atoms with Gasteiger partial charge in [0.1, 0.15) is 18.2 Å². The molecule has 2 fully saturated rings. The van der Waals surface area contributed by atoms with Gasteiger partial charge in [-0.2, -0.15) is 0 Å². The standard InChI is InChI=1S/C18H28N6O4/c1-14(2)11-24-17(28)23(9-10-25)16(27)18(24)4-7-22(8-5-18)15(26)3-6-21-12-19-20-13-21/h12-14,25H,3-11H2,1-2H3. The molecule has 10 nitrogen and oxygen atoms in total. The number of carbonyl (C=O) groups excluding carboxylic acids is 3. The van der Waals surface area contributed by atoms with Gasteiger partial charge in [-0.25, -0.2) is 4.79 Å². The van der Waals surface area contributed by atoms with E-state index in [-0.39, 0.29) is 36.9 Å². The van der Waals surface area contributed by atoms with E-state index in [9.17, 15) is 19.5 Å². The molecule has 28 heavy (non-hydrogen) atoms. The Labute approximate surface area is 164 Å². The fourth-order valence-electron chi connectivity index (χ4n) is 4.03. The van der Waals surface area contributed by atoms with Crippen LogP contribution in [0, 0.1) is 5.92 Å². The van der Waals surface area contributed by atoms with Crippen LogP contribution in [0.25, 0.3) is 0 Å². The number of β-amino-alcohol motifs (C(OH)–C–C–N with tert-alkyl or cyclic N) is 1. The van der Waals surface area contributed by atoms with Gasteiger partial charge in [-0.1, -0.05) is 13.8 Å². The number of nitrogens with zero attached hydrogens (tertiary/aromatic N) is 6. The van der Waals surface area contributed by atoms with Gasteiger partial charge in [-0.3, -0.25) is 14.5 Å². The minimum atomic E-state index is -0.901. The van der Waals surface area contributed by atoms with Crippen LogP contribution < -0.4 is 0 Å². The van der Waals surface area contributed by atoms with Gasteiger partial charge in [0.25, 0.3) is 5.91 Å². The van der Waals surface area contributed by atoms with Crippen LogP contribution in [0.2, 0.25) is 0 Å². The monoisotopic (exact) mass is 392 g/mol. The van der Waals surface area contributed by atoms with Crippen molar-refractivity contribution in [3.05, 3.63) is 12.7 Å². The SMILES string of the molecule is CC(C)CN1C(=O)N(CCO)C(=O)C12CCN(C(=O)CCn1cnnc1)CC2. The van der Waals surface area contributed by atoms with Gasteiger partial charge in [0, 0.05) is 32.6 Å². The third-order valence-electron chi connectivity index (χ3n) is 5.49. The first kappa shape index (κ1) is 20.2. The van der Waals surface area contributed by atoms with Crippen LogP contribution in [0.15, 0.2) is 12.7 Å². The molecule has 1 N–H and O–H groups in total. The molecule has 1 aromatic heterocycles. The maximum Gasteiger partial charge on any atom is 0.327 e. The van der Waals surface area contributed by atoms with E-state index < -0.39 is 5.54 Å². The molecular formula is C18H28N6O4. The highest BCUT2D eigenvalue weighted by Gasteiger charge is 2.57. The third-order valence-corrected chi connectivity index (χ3v) is 5.49. The molecule has 0 radical (unpaired) electrons. The lowest BCUT2D eigenvalue weighted by atomic mass is 9.85. The number of aryl methyl sites for hydroxylation is 1. The molecular weight excluding hydrogens is 364 g/mol. The van der Waals surface area contributed by atoms with Crippen LogP contribution in [-0.4, -0.2) is 90.7 Å². The summed E-state index contributed by atoms with van der Waals surface area (Å²) < 4.78 is 1.75. The van der Waals surface area contributed by atoms with E-state index in [4.69, 9.17) is 0 Å². The Kier molecular flexibility index (Phi) is 5.97. The summed E-state index contributed by atoms with van der Waals surface area (Å²) in [7, 11) is 0. The van der Waals surface area contributed by atoms with Crippen LogP contribution in [0.4, 0.5) is 4.79 Å². The number of aromatic nitrogens is 3. The van der Waals surface area contributed by atoms with Crippen molar-refractivity contribution in [2.75, 3.05) is 32.8 Å². The molecule has 1 spiro atoms. The minimum Gasteiger partial charge on any atom is -0.395 e. The molecule has 0 saturated carbocycles. The summed E-state index contributed by atoms with van der Waals surface area (Å²) >= 11 is 0. The fourth-order valence-corrected chi connectivity index (χ4v) is 4.03. The Morgan fingerprint density at radius 2 is 1.82 bits per heavy atom. The number of piperidine rings is 1. The highest BCUT2D eigenvalue weighted by atomic mass is 16.3. The van der Waals surface area contributed by atoms with E-state index in [1.807, 2.05) is 13.8 Å². The van der Waals surface area contributed by atoms with E-state index in [2.05, 4.69) is 10.2 Å². The number of aliphatic hydroxyl groups excluding tert-OH is 1. The zero-order valence-electron chi connectivity index (χ0n) is 16.5. The molecule has 154 valence electrons. The van der Waals surface area contributed by atoms with Gasteiger partial charge in [0.05, 0.1) is 13.2 Å². The summed E-state index contributed by atoms with van der Waals surface area (Å²) in [5.74, 6) is -0.0158. The molecule has 0 aromatic carbocycles. The van der Waals surface area contributed by atoms with Crippen molar-refractivity contribution in [1.82, 2.24) is 29.5 Å². The predicted octanol–water partition coefficient (Wildman–Crippen LogP) is -0.0581. The van der Waals surface area contributed by atoms with Gasteiger partial charge in [0.15, 0.2) is 0 Å². The lowest BCUT2D eigenvalue weighted by molar-refractivity contribution is -0.141. The Morgan fingerprint density at radius 3 is 2.39 bits per heavy atom. The van der Waals surface area contributed by atoms with Crippen molar-refractivity contribution in [2.45, 2.75) is 45.2 Å². The van der Waals surface area contributed by atoms with Crippen LogP contribution in [0.1, 0.15) is 33.1 Å². The summed E-state index contributed by atoms with van der Waals surface area (Å²) in [6, 6.07) is -0.333. The maximum atomic E-state index is 13.1. The van der Waals surface area contributed by atoms with Gasteiger partial charge in [0.2, 0.25) is 5.91 Å². The number of aliphatic hydroxyl groups is 1. The fraction of sp³-hybridized carbons (Fsp3) is 0.722. The van der Waals surface area contributed by atoms with E-state index in [0.717, 1.165) is 4.90 Å². The molecule has 0 atom stereocenters. The Hall–Kier alpha value is -2.49. The normalized spacial score (nSPS) is 19.4. The average Bonchev–Trinajstić information content (AvgIpc) is 3.26. The van der Waals surface area contributed by atoms with Crippen LogP contribution >= 0.6 is 0 Å². The quantitative estimate of drug-likeness (QED) is 0.651.